The van der Waals surface area contributed by atoms with Crippen LogP contribution in [-0.4, -0.2) is 33.2 Å². The number of alkyl halides is 3. The van der Waals surface area contributed by atoms with Gasteiger partial charge in [-0.3, -0.25) is 0 Å². The lowest BCUT2D eigenvalue weighted by atomic mass is 9.43. The quantitative estimate of drug-likeness (QED) is 0.302. The summed E-state index contributed by atoms with van der Waals surface area (Å²) >= 11 is 0. The summed E-state index contributed by atoms with van der Waals surface area (Å²) in [4.78, 5) is 0. The Morgan fingerprint density at radius 1 is 1.18 bits per heavy atom. The van der Waals surface area contributed by atoms with Gasteiger partial charge in [-0.05, 0) is 104 Å². The van der Waals surface area contributed by atoms with Crippen LogP contribution in [0.25, 0.3) is 0 Å². The number of phenolic OH excluding ortho intramolecular Hbond substituents is 1. The summed E-state index contributed by atoms with van der Waals surface area (Å²) in [6, 6.07) is 5.68. The Kier molecular flexibility index (Phi) is 6.65. The van der Waals surface area contributed by atoms with Crippen LogP contribution in [0.3, 0.4) is 0 Å². The molecule has 0 aliphatic heterocycles. The Hall–Kier alpha value is -1.53. The van der Waals surface area contributed by atoms with Gasteiger partial charge in [-0.25, -0.2) is 0 Å². The molecule has 0 spiro atoms. The van der Waals surface area contributed by atoms with E-state index in [0.29, 0.717) is 18.8 Å². The normalized spacial score (nSPS) is 38.0. The van der Waals surface area contributed by atoms with Crippen LogP contribution in [0.4, 0.5) is 13.2 Å². The van der Waals surface area contributed by atoms with Gasteiger partial charge in [0.2, 0.25) is 0 Å². The molecule has 3 aliphatic rings. The lowest BCUT2D eigenvalue weighted by Gasteiger charge is -2.61. The van der Waals surface area contributed by atoms with Crippen LogP contribution in [0.15, 0.2) is 30.9 Å². The topological polar surface area (TPSA) is 60.7 Å². The molecule has 190 valence electrons. The number of hydrogen-bond acceptors (Lipinski definition) is 3. The number of aromatic hydroxyl groups is 1. The summed E-state index contributed by atoms with van der Waals surface area (Å²) in [5.74, 6) is 1.08. The highest BCUT2D eigenvalue weighted by Crippen LogP contribution is 2.71. The van der Waals surface area contributed by atoms with Gasteiger partial charge >= 0.3 is 6.18 Å². The van der Waals surface area contributed by atoms with Gasteiger partial charge in [0.15, 0.2) is 0 Å². The van der Waals surface area contributed by atoms with Gasteiger partial charge < -0.3 is 15.3 Å². The number of aryl methyl sites for hydroxylation is 1. The number of fused-ring (bicyclic) bond motifs is 5. The molecule has 2 saturated carbocycles. The first-order chi connectivity index (χ1) is 15.9. The summed E-state index contributed by atoms with van der Waals surface area (Å²) in [7, 11) is 0. The number of rotatable bonds is 7. The maximum absolute atomic E-state index is 12.6. The Morgan fingerprint density at radius 3 is 2.59 bits per heavy atom. The molecule has 3 nitrogen and oxygen atoms in total. The van der Waals surface area contributed by atoms with E-state index in [1.54, 1.807) is 6.07 Å². The number of hydrogen-bond donors (Lipinski definition) is 3. The molecule has 0 aromatic heterocycles. The third-order valence-electron chi connectivity index (χ3n) is 9.90. The molecule has 1 aromatic carbocycles. The maximum Gasteiger partial charge on any atom is 0.414 e. The molecular weight excluding hydrogens is 441 g/mol. The van der Waals surface area contributed by atoms with Gasteiger partial charge in [-0.2, -0.15) is 13.2 Å². The van der Waals surface area contributed by atoms with E-state index in [2.05, 4.69) is 25.6 Å². The predicted molar refractivity (Wildman–Crippen MR) is 127 cm³/mol. The van der Waals surface area contributed by atoms with Crippen molar-refractivity contribution in [2.75, 3.05) is 0 Å². The zero-order valence-electron chi connectivity index (χ0n) is 20.4. The van der Waals surface area contributed by atoms with Crippen molar-refractivity contribution in [2.24, 2.45) is 22.7 Å². The molecule has 0 amide bonds. The molecule has 34 heavy (non-hydrogen) atoms. The van der Waals surface area contributed by atoms with Crippen LogP contribution in [-0.2, 0) is 6.42 Å². The first kappa shape index (κ1) is 25.6. The third kappa shape index (κ3) is 4.09. The van der Waals surface area contributed by atoms with Crippen LogP contribution >= 0.6 is 0 Å². The standard InChI is InChI=1S/C28H39F3O3/c1-4-27-15-12-18-16-20(32)10-11-21(18)24(27)19(8-6-5-7-9-23(33)28(29,30)31)17-25(2)22(27)13-14-26(25,3)34/h4,10-11,16,19,22-24,32-34H,1,5-9,12-15,17H2,2-3H3/t19-,22+,23?,24+,25-,26-,27?/m0/s1. The van der Waals surface area contributed by atoms with Crippen molar-refractivity contribution in [1.82, 2.24) is 0 Å². The second kappa shape index (κ2) is 8.85. The van der Waals surface area contributed by atoms with Gasteiger partial charge in [0, 0.05) is 0 Å². The van der Waals surface area contributed by atoms with Crippen molar-refractivity contribution in [3.05, 3.63) is 42.0 Å². The van der Waals surface area contributed by atoms with E-state index in [1.807, 2.05) is 13.0 Å². The highest BCUT2D eigenvalue weighted by molar-refractivity contribution is 5.43. The van der Waals surface area contributed by atoms with Gasteiger partial charge in [-0.1, -0.05) is 38.3 Å². The largest absolute Gasteiger partial charge is 0.508 e. The molecule has 2 unspecified atom stereocenters. The Morgan fingerprint density at radius 2 is 1.91 bits per heavy atom. The molecule has 3 N–H and O–H groups in total. The summed E-state index contributed by atoms with van der Waals surface area (Å²) in [5.41, 5.74) is 1.28. The number of phenols is 1. The SMILES string of the molecule is C=CC12CCc3cc(O)ccc3[C@H]1[C@@H](CCCCCC(O)C(F)(F)F)C[C@@]1(C)[C@H]2CC[C@]1(C)O. The van der Waals surface area contributed by atoms with Crippen LogP contribution in [0, 0.1) is 22.7 Å². The molecular formula is C28H39F3O3. The van der Waals surface area contributed by atoms with E-state index < -0.39 is 17.9 Å². The highest BCUT2D eigenvalue weighted by Gasteiger charge is 2.66. The summed E-state index contributed by atoms with van der Waals surface area (Å²) < 4.78 is 37.9. The van der Waals surface area contributed by atoms with Crippen LogP contribution < -0.4 is 0 Å². The Balaban J connectivity index is 1.60. The average Bonchev–Trinajstić information content (AvgIpc) is 3.01. The van der Waals surface area contributed by atoms with Gasteiger partial charge in [0.1, 0.15) is 11.9 Å². The van der Waals surface area contributed by atoms with Crippen molar-refractivity contribution < 1.29 is 28.5 Å². The molecule has 0 bridgehead atoms. The van der Waals surface area contributed by atoms with Crippen molar-refractivity contribution in [3.8, 4) is 5.75 Å². The zero-order chi connectivity index (χ0) is 24.9. The number of aliphatic hydroxyl groups is 2. The predicted octanol–water partition coefficient (Wildman–Crippen LogP) is 6.66. The molecule has 0 saturated heterocycles. The molecule has 0 radical (unpaired) electrons. The van der Waals surface area contributed by atoms with Crippen LogP contribution in [0.2, 0.25) is 0 Å². The van der Waals surface area contributed by atoms with Crippen molar-refractivity contribution in [3.63, 3.8) is 0 Å². The highest BCUT2D eigenvalue weighted by atomic mass is 19.4. The molecule has 3 aliphatic carbocycles. The molecule has 0 heterocycles. The molecule has 7 atom stereocenters. The van der Waals surface area contributed by atoms with E-state index in [9.17, 15) is 28.5 Å². The summed E-state index contributed by atoms with van der Waals surface area (Å²) in [6.45, 7) is 8.50. The fourth-order valence-corrected chi connectivity index (χ4v) is 8.01. The number of aliphatic hydroxyl groups excluding tert-OH is 1. The Labute approximate surface area is 201 Å². The fourth-order valence-electron chi connectivity index (χ4n) is 8.01. The fraction of sp³-hybridized carbons (Fsp3) is 0.714. The van der Waals surface area contributed by atoms with Crippen LogP contribution in [0.5, 0.6) is 5.75 Å². The minimum atomic E-state index is -4.55. The number of allylic oxidation sites excluding steroid dienone is 1. The number of unbranched alkanes of at least 4 members (excludes halogenated alkanes) is 2. The van der Waals surface area contributed by atoms with E-state index in [4.69, 9.17) is 0 Å². The summed E-state index contributed by atoms with van der Waals surface area (Å²) in [5, 5.41) is 30.8. The lowest BCUT2D eigenvalue weighted by Crippen LogP contribution is -2.56. The monoisotopic (exact) mass is 480 g/mol. The van der Waals surface area contributed by atoms with E-state index in [-0.39, 0.29) is 34.8 Å². The third-order valence-corrected chi connectivity index (χ3v) is 9.90. The number of benzene rings is 1. The lowest BCUT2D eigenvalue weighted by molar-refractivity contribution is -0.205. The van der Waals surface area contributed by atoms with Crippen molar-refractivity contribution in [2.45, 2.75) is 102 Å². The maximum atomic E-state index is 12.6. The summed E-state index contributed by atoms with van der Waals surface area (Å²) in [6.07, 6.45) is 2.10. The molecule has 1 aromatic rings. The smallest absolute Gasteiger partial charge is 0.414 e. The molecule has 6 heteroatoms. The van der Waals surface area contributed by atoms with Gasteiger partial charge in [0.25, 0.3) is 0 Å². The van der Waals surface area contributed by atoms with Gasteiger partial charge in [0.05, 0.1) is 5.60 Å². The zero-order valence-corrected chi connectivity index (χ0v) is 20.4. The van der Waals surface area contributed by atoms with Crippen molar-refractivity contribution in [1.29, 1.82) is 0 Å². The first-order valence-electron chi connectivity index (χ1n) is 12.8. The average molecular weight is 481 g/mol. The minimum Gasteiger partial charge on any atom is -0.508 e. The van der Waals surface area contributed by atoms with Crippen molar-refractivity contribution >= 4 is 0 Å². The van der Waals surface area contributed by atoms with E-state index in [1.165, 1.54) is 11.1 Å². The molecule has 2 fully saturated rings. The second-order valence-corrected chi connectivity index (χ2v) is 11.6. The second-order valence-electron chi connectivity index (χ2n) is 11.6. The van der Waals surface area contributed by atoms with E-state index >= 15 is 0 Å². The Bertz CT molecular complexity index is 911. The first-order valence-corrected chi connectivity index (χ1v) is 12.8. The van der Waals surface area contributed by atoms with Crippen LogP contribution in [0.1, 0.15) is 88.7 Å². The number of halogens is 3. The minimum absolute atomic E-state index is 0.144. The molecule has 4 rings (SSSR count). The van der Waals surface area contributed by atoms with Gasteiger partial charge in [-0.15, -0.1) is 6.58 Å². The van der Waals surface area contributed by atoms with E-state index in [0.717, 1.165) is 44.9 Å².